The van der Waals surface area contributed by atoms with Crippen molar-refractivity contribution < 1.29 is 4.79 Å². The molecule has 1 amide bonds. The van der Waals surface area contributed by atoms with Gasteiger partial charge in [0.05, 0.1) is 6.04 Å². The second-order valence-electron chi connectivity index (χ2n) is 5.47. The molecule has 1 atom stereocenters. The van der Waals surface area contributed by atoms with E-state index in [1.807, 2.05) is 19.9 Å². The fraction of sp³-hybridized carbons (Fsp3) is 0.643. The molecule has 6 nitrogen and oxygen atoms in total. The maximum atomic E-state index is 11.6. The van der Waals surface area contributed by atoms with E-state index in [4.69, 9.17) is 5.73 Å². The molecular weight excluding hydrogens is 254 g/mol. The maximum Gasteiger partial charge on any atom is 0.236 e. The van der Waals surface area contributed by atoms with E-state index < -0.39 is 6.04 Å². The maximum absolute atomic E-state index is 11.6. The molecule has 0 aliphatic carbocycles. The van der Waals surface area contributed by atoms with Crippen LogP contribution in [0.25, 0.3) is 0 Å². The van der Waals surface area contributed by atoms with Crippen LogP contribution in [-0.4, -0.2) is 41.0 Å². The highest BCUT2D eigenvalue weighted by Gasteiger charge is 2.22. The Kier molecular flexibility index (Phi) is 4.54. The fourth-order valence-corrected chi connectivity index (χ4v) is 2.44. The van der Waals surface area contributed by atoms with Crippen LogP contribution in [0.1, 0.15) is 31.3 Å². The van der Waals surface area contributed by atoms with Gasteiger partial charge in [-0.05, 0) is 33.6 Å². The Morgan fingerprint density at radius 3 is 2.60 bits per heavy atom. The molecule has 1 aliphatic heterocycles. The third-order valence-corrected chi connectivity index (χ3v) is 3.53. The molecule has 1 aromatic heterocycles. The number of nitrogens with one attached hydrogen (secondary N) is 1. The molecule has 0 bridgehead atoms. The Morgan fingerprint density at radius 1 is 1.40 bits per heavy atom. The van der Waals surface area contributed by atoms with Crippen LogP contribution in [0.3, 0.4) is 0 Å². The van der Waals surface area contributed by atoms with Crippen LogP contribution in [0, 0.1) is 13.8 Å². The van der Waals surface area contributed by atoms with Gasteiger partial charge in [-0.2, -0.15) is 0 Å². The van der Waals surface area contributed by atoms with Crippen LogP contribution in [0.5, 0.6) is 0 Å². The monoisotopic (exact) mass is 277 g/mol. The summed E-state index contributed by atoms with van der Waals surface area (Å²) in [6, 6.07) is 1.78. The first-order valence-electron chi connectivity index (χ1n) is 7.09. The minimum Gasteiger partial charge on any atom is -0.356 e. The van der Waals surface area contributed by atoms with E-state index >= 15 is 0 Å². The Labute approximate surface area is 119 Å². The summed E-state index contributed by atoms with van der Waals surface area (Å²) >= 11 is 0. The van der Waals surface area contributed by atoms with Crippen LogP contribution in [0.4, 0.5) is 5.82 Å². The molecule has 1 aromatic rings. The van der Waals surface area contributed by atoms with Crippen LogP contribution < -0.4 is 16.0 Å². The van der Waals surface area contributed by atoms with Gasteiger partial charge in [0.1, 0.15) is 11.6 Å². The predicted octanol–water partition coefficient (Wildman–Crippen LogP) is 0.526. The molecule has 20 heavy (non-hydrogen) atoms. The van der Waals surface area contributed by atoms with Gasteiger partial charge < -0.3 is 16.0 Å². The molecule has 1 aliphatic rings. The van der Waals surface area contributed by atoms with Crippen molar-refractivity contribution in [3.8, 4) is 0 Å². The highest BCUT2D eigenvalue weighted by atomic mass is 16.2. The van der Waals surface area contributed by atoms with Crippen molar-refractivity contribution in [1.29, 1.82) is 0 Å². The van der Waals surface area contributed by atoms with E-state index in [2.05, 4.69) is 20.2 Å². The lowest BCUT2D eigenvalue weighted by Crippen LogP contribution is -2.49. The average Bonchev–Trinajstić information content (AvgIpc) is 2.38. The van der Waals surface area contributed by atoms with Crippen molar-refractivity contribution in [2.75, 3.05) is 18.0 Å². The number of piperidine rings is 1. The Hall–Kier alpha value is -1.69. The first-order valence-corrected chi connectivity index (χ1v) is 7.09. The smallest absolute Gasteiger partial charge is 0.236 e. The van der Waals surface area contributed by atoms with Gasteiger partial charge in [-0.3, -0.25) is 4.79 Å². The van der Waals surface area contributed by atoms with Gasteiger partial charge in [0.15, 0.2) is 0 Å². The second kappa shape index (κ2) is 6.17. The average molecular weight is 277 g/mol. The summed E-state index contributed by atoms with van der Waals surface area (Å²) in [6.45, 7) is 7.37. The summed E-state index contributed by atoms with van der Waals surface area (Å²) in [5, 5.41) is 2.99. The van der Waals surface area contributed by atoms with Crippen LogP contribution in [0.15, 0.2) is 6.07 Å². The second-order valence-corrected chi connectivity index (χ2v) is 5.47. The molecule has 110 valence electrons. The summed E-state index contributed by atoms with van der Waals surface area (Å²) in [5.74, 6) is 1.71. The number of hydrogen-bond donors (Lipinski definition) is 2. The lowest BCUT2D eigenvalue weighted by Gasteiger charge is -2.33. The van der Waals surface area contributed by atoms with Crippen molar-refractivity contribution in [3.63, 3.8) is 0 Å². The van der Waals surface area contributed by atoms with Crippen molar-refractivity contribution in [1.82, 2.24) is 15.3 Å². The van der Waals surface area contributed by atoms with Crippen LogP contribution >= 0.6 is 0 Å². The fourth-order valence-electron chi connectivity index (χ4n) is 2.44. The SMILES string of the molecule is Cc1cc(N2CCC(NC(=O)[C@@H](C)N)CC2)nc(C)n1. The summed E-state index contributed by atoms with van der Waals surface area (Å²) < 4.78 is 0. The summed E-state index contributed by atoms with van der Waals surface area (Å²) in [6.07, 6.45) is 1.83. The molecule has 0 radical (unpaired) electrons. The third-order valence-electron chi connectivity index (χ3n) is 3.53. The normalized spacial score (nSPS) is 17.9. The molecular formula is C14H23N5O. The number of carbonyl (C=O) groups excluding carboxylic acids is 1. The minimum atomic E-state index is -0.444. The zero-order chi connectivity index (χ0) is 14.7. The number of aryl methyl sites for hydroxylation is 2. The predicted molar refractivity (Wildman–Crippen MR) is 78.5 cm³/mol. The van der Waals surface area contributed by atoms with E-state index in [1.165, 1.54) is 0 Å². The quantitative estimate of drug-likeness (QED) is 0.841. The first kappa shape index (κ1) is 14.7. The molecule has 0 unspecified atom stereocenters. The van der Waals surface area contributed by atoms with Crippen LogP contribution in [0.2, 0.25) is 0 Å². The summed E-state index contributed by atoms with van der Waals surface area (Å²) in [7, 11) is 0. The van der Waals surface area contributed by atoms with Gasteiger partial charge in [-0.15, -0.1) is 0 Å². The van der Waals surface area contributed by atoms with Gasteiger partial charge in [0.2, 0.25) is 5.91 Å². The van der Waals surface area contributed by atoms with Crippen molar-refractivity contribution in [3.05, 3.63) is 17.6 Å². The largest absolute Gasteiger partial charge is 0.356 e. The zero-order valence-electron chi connectivity index (χ0n) is 12.4. The number of hydrogen-bond acceptors (Lipinski definition) is 5. The van der Waals surface area contributed by atoms with Gasteiger partial charge in [0, 0.05) is 30.9 Å². The third kappa shape index (κ3) is 3.66. The molecule has 2 rings (SSSR count). The number of nitrogens with zero attached hydrogens (tertiary/aromatic N) is 3. The highest BCUT2D eigenvalue weighted by Crippen LogP contribution is 2.18. The van der Waals surface area contributed by atoms with E-state index in [0.29, 0.717) is 0 Å². The topological polar surface area (TPSA) is 84.1 Å². The number of nitrogens with two attached hydrogens (primary N) is 1. The molecule has 0 aromatic carbocycles. The van der Waals surface area contributed by atoms with Crippen molar-refractivity contribution in [2.24, 2.45) is 5.73 Å². The van der Waals surface area contributed by atoms with E-state index in [9.17, 15) is 4.79 Å². The van der Waals surface area contributed by atoms with Crippen molar-refractivity contribution in [2.45, 2.75) is 45.7 Å². The van der Waals surface area contributed by atoms with Gasteiger partial charge in [0.25, 0.3) is 0 Å². The zero-order valence-corrected chi connectivity index (χ0v) is 12.4. The minimum absolute atomic E-state index is 0.0721. The molecule has 3 N–H and O–H groups in total. The Morgan fingerprint density at radius 2 is 2.05 bits per heavy atom. The number of anilines is 1. The number of amides is 1. The molecule has 0 spiro atoms. The highest BCUT2D eigenvalue weighted by molar-refractivity contribution is 5.81. The first-order chi connectivity index (χ1) is 9.45. The van der Waals surface area contributed by atoms with Crippen LogP contribution in [-0.2, 0) is 4.79 Å². The van der Waals surface area contributed by atoms with E-state index in [-0.39, 0.29) is 11.9 Å². The number of aromatic nitrogens is 2. The van der Waals surface area contributed by atoms with E-state index in [0.717, 1.165) is 43.3 Å². The lowest BCUT2D eigenvalue weighted by molar-refractivity contribution is -0.122. The molecule has 6 heteroatoms. The Balaban J connectivity index is 1.92. The molecule has 0 saturated carbocycles. The summed E-state index contributed by atoms with van der Waals surface area (Å²) in [5.41, 5.74) is 6.55. The van der Waals surface area contributed by atoms with Crippen molar-refractivity contribution >= 4 is 11.7 Å². The van der Waals surface area contributed by atoms with Gasteiger partial charge in [-0.25, -0.2) is 9.97 Å². The molecule has 1 saturated heterocycles. The number of rotatable bonds is 3. The number of carbonyl (C=O) groups is 1. The lowest BCUT2D eigenvalue weighted by atomic mass is 10.0. The molecule has 1 fully saturated rings. The molecule has 2 heterocycles. The summed E-state index contributed by atoms with van der Waals surface area (Å²) in [4.78, 5) is 22.6. The van der Waals surface area contributed by atoms with Gasteiger partial charge in [-0.1, -0.05) is 0 Å². The Bertz CT molecular complexity index is 460. The van der Waals surface area contributed by atoms with Gasteiger partial charge >= 0.3 is 0 Å². The standard InChI is InChI=1S/C14H23N5O/c1-9-8-13(17-11(3)16-9)19-6-4-12(5-7-19)18-14(20)10(2)15/h8,10,12H,4-7,15H2,1-3H3,(H,18,20)/t10-/m1/s1. The van der Waals surface area contributed by atoms with E-state index in [1.54, 1.807) is 6.92 Å².